The molecular weight excluding hydrogens is 727 g/mol. The summed E-state index contributed by atoms with van der Waals surface area (Å²) in [6.07, 6.45) is 7.46. The van der Waals surface area contributed by atoms with Gasteiger partial charge in [0, 0.05) is 44.7 Å². The number of methoxy groups -OCH3 is 1. The molecule has 2 amide bonds. The molecule has 1 heterocycles. The molecule has 1 saturated carbocycles. The maximum atomic E-state index is 13.4. The lowest BCUT2D eigenvalue weighted by atomic mass is 9.55. The van der Waals surface area contributed by atoms with Crippen LogP contribution in [0.5, 0.6) is 11.5 Å². The molecule has 0 saturated heterocycles. The highest BCUT2D eigenvalue weighted by molar-refractivity contribution is 6.03. The number of carbonyl (C=O) groups is 2. The summed E-state index contributed by atoms with van der Waals surface area (Å²) in [7, 11) is 3.01. The van der Waals surface area contributed by atoms with Crippen molar-refractivity contribution in [3.63, 3.8) is 0 Å². The number of hydrogen-bond acceptors (Lipinski definition) is 10. The first-order valence-electron chi connectivity index (χ1n) is 19.9. The Morgan fingerprint density at radius 1 is 0.982 bits per heavy atom. The number of nitrogens with one attached hydrogen (secondary N) is 1. The Balaban J connectivity index is 1.49. The molecule has 3 N–H and O–H groups in total. The average Bonchev–Trinajstić information content (AvgIpc) is 3.24. The topological polar surface area (TPSA) is 148 Å². The standard InChI is InChI=1S/C45H55N3O9/c1-4-25-54-45-40(48(2)44(52)53-3)28-38(47-55-30-32-17-9-6-10-18-32)36-26-33(19-11-13-23-49)35(20-12-14-24-50)41(42(36)45)37-27-34(21-22-39(37)57-45)56-43(51)46-29-31-15-7-5-8-16-31/h4-10,15-18,21-22,26-27,33,35,40-42,49-50H,1,11-14,19-20,23-25,28-30H2,2-3H3,(H,46,51). The predicted molar refractivity (Wildman–Crippen MR) is 216 cm³/mol. The number of aliphatic hydroxyl groups is 2. The number of hydrogen-bond donors (Lipinski definition) is 3. The molecule has 6 rings (SSSR count). The van der Waals surface area contributed by atoms with Gasteiger partial charge >= 0.3 is 12.2 Å². The van der Waals surface area contributed by atoms with Crippen LogP contribution >= 0.6 is 0 Å². The van der Waals surface area contributed by atoms with Crippen LogP contribution in [0.2, 0.25) is 0 Å². The number of carbonyl (C=O) groups excluding carboxylic acids is 2. The molecule has 1 fully saturated rings. The SMILES string of the molecule is C=CCOC12Oc3ccc(OC(=O)NCc4ccccc4)cc3C3C(CCCCO)C(CCCCO)C=C(C(=NOCc4ccccc4)CC1N(C)C(=O)OC)C32. The molecule has 0 radical (unpaired) electrons. The third-order valence-corrected chi connectivity index (χ3v) is 11.3. The monoisotopic (exact) mass is 781 g/mol. The molecule has 0 spiro atoms. The van der Waals surface area contributed by atoms with Crippen LogP contribution in [-0.4, -0.2) is 78.8 Å². The number of ether oxygens (including phenoxy) is 4. The van der Waals surface area contributed by atoms with Crippen molar-refractivity contribution in [3.8, 4) is 11.5 Å². The largest absolute Gasteiger partial charge is 0.459 e. The van der Waals surface area contributed by atoms with Crippen molar-refractivity contribution >= 4 is 17.9 Å². The molecule has 3 aromatic rings. The van der Waals surface area contributed by atoms with Crippen LogP contribution in [0.4, 0.5) is 9.59 Å². The average molecular weight is 782 g/mol. The maximum absolute atomic E-state index is 13.4. The van der Waals surface area contributed by atoms with E-state index in [2.05, 4.69) is 18.0 Å². The van der Waals surface area contributed by atoms with E-state index in [0.717, 1.165) is 47.9 Å². The normalized spacial score (nSPS) is 23.9. The van der Waals surface area contributed by atoms with Gasteiger partial charge in [0.1, 0.15) is 24.1 Å². The van der Waals surface area contributed by atoms with E-state index in [-0.39, 0.29) is 50.6 Å². The number of allylic oxidation sites excluding steroid dienone is 1. The molecule has 6 atom stereocenters. The van der Waals surface area contributed by atoms with Crippen LogP contribution in [0, 0.1) is 17.8 Å². The molecular formula is C45H55N3O9. The zero-order valence-corrected chi connectivity index (χ0v) is 32.9. The number of amides is 2. The molecule has 3 aliphatic rings. The van der Waals surface area contributed by atoms with Gasteiger partial charge in [-0.15, -0.1) is 6.58 Å². The minimum absolute atomic E-state index is 0.00850. The third kappa shape index (κ3) is 9.52. The maximum Gasteiger partial charge on any atom is 0.412 e. The second-order valence-electron chi connectivity index (χ2n) is 14.8. The fourth-order valence-electron chi connectivity index (χ4n) is 8.73. The van der Waals surface area contributed by atoms with Gasteiger partial charge in [0.25, 0.3) is 0 Å². The molecule has 0 aromatic heterocycles. The summed E-state index contributed by atoms with van der Waals surface area (Å²) >= 11 is 0. The van der Waals surface area contributed by atoms with E-state index in [1.165, 1.54) is 12.0 Å². The minimum atomic E-state index is -1.42. The quantitative estimate of drug-likeness (QED) is 0.0678. The van der Waals surface area contributed by atoms with Crippen molar-refractivity contribution in [2.75, 3.05) is 34.0 Å². The summed E-state index contributed by atoms with van der Waals surface area (Å²) in [6.45, 7) is 4.80. The van der Waals surface area contributed by atoms with E-state index in [9.17, 15) is 19.8 Å². The van der Waals surface area contributed by atoms with Gasteiger partial charge in [-0.25, -0.2) is 9.59 Å². The number of oxime groups is 1. The summed E-state index contributed by atoms with van der Waals surface area (Å²) in [5.41, 5.74) is 4.31. The van der Waals surface area contributed by atoms with Gasteiger partial charge in [-0.2, -0.15) is 0 Å². The lowest BCUT2D eigenvalue weighted by Gasteiger charge is -2.59. The first kappa shape index (κ1) is 41.5. The van der Waals surface area contributed by atoms with Gasteiger partial charge in [-0.05, 0) is 72.4 Å². The molecule has 12 heteroatoms. The van der Waals surface area contributed by atoms with Crippen molar-refractivity contribution in [1.82, 2.24) is 10.2 Å². The van der Waals surface area contributed by atoms with Crippen molar-refractivity contribution in [2.24, 2.45) is 22.9 Å². The molecule has 6 unspecified atom stereocenters. The highest BCUT2D eigenvalue weighted by atomic mass is 16.7. The van der Waals surface area contributed by atoms with Crippen molar-refractivity contribution < 1.29 is 43.6 Å². The highest BCUT2D eigenvalue weighted by Gasteiger charge is 2.65. The zero-order chi connectivity index (χ0) is 40.2. The Hall–Kier alpha value is -5.17. The van der Waals surface area contributed by atoms with E-state index < -0.39 is 29.9 Å². The number of likely N-dealkylation sites (N-methyl/N-ethyl adjacent to an activating group) is 1. The third-order valence-electron chi connectivity index (χ3n) is 11.3. The van der Waals surface area contributed by atoms with Gasteiger partial charge in [0.2, 0.25) is 5.79 Å². The van der Waals surface area contributed by atoms with E-state index >= 15 is 0 Å². The van der Waals surface area contributed by atoms with Crippen molar-refractivity contribution in [2.45, 2.75) is 75.8 Å². The van der Waals surface area contributed by atoms with Crippen LogP contribution < -0.4 is 14.8 Å². The number of benzene rings is 3. The highest BCUT2D eigenvalue weighted by Crippen LogP contribution is 2.61. The Morgan fingerprint density at radius 2 is 1.68 bits per heavy atom. The number of aliphatic hydroxyl groups excluding tert-OH is 2. The molecule has 304 valence electrons. The molecule has 57 heavy (non-hydrogen) atoms. The zero-order valence-electron chi connectivity index (χ0n) is 32.9. The van der Waals surface area contributed by atoms with E-state index in [0.29, 0.717) is 36.6 Å². The first-order valence-corrected chi connectivity index (χ1v) is 19.9. The van der Waals surface area contributed by atoms with E-state index in [1.54, 1.807) is 25.3 Å². The smallest absolute Gasteiger partial charge is 0.412 e. The van der Waals surface area contributed by atoms with Gasteiger partial charge in [0.05, 0.1) is 25.3 Å². The van der Waals surface area contributed by atoms with Crippen LogP contribution in [0.1, 0.15) is 67.6 Å². The molecule has 3 aromatic carbocycles. The fourth-order valence-corrected chi connectivity index (χ4v) is 8.73. The Labute approximate surface area is 335 Å². The van der Waals surface area contributed by atoms with E-state index in [4.69, 9.17) is 28.9 Å². The summed E-state index contributed by atoms with van der Waals surface area (Å²) in [5, 5.41) is 27.3. The van der Waals surface area contributed by atoms with Crippen LogP contribution in [-0.2, 0) is 27.5 Å². The van der Waals surface area contributed by atoms with Crippen molar-refractivity contribution in [1.29, 1.82) is 0 Å². The Bertz CT molecular complexity index is 1870. The lowest BCUT2D eigenvalue weighted by Crippen LogP contribution is -2.69. The van der Waals surface area contributed by atoms with Gasteiger partial charge in [-0.1, -0.05) is 90.8 Å². The number of fused-ring (bicyclic) bond motifs is 2. The Kier molecular flexibility index (Phi) is 14.4. The van der Waals surface area contributed by atoms with Gasteiger partial charge in [0.15, 0.2) is 0 Å². The molecule has 0 bridgehead atoms. The lowest BCUT2D eigenvalue weighted by molar-refractivity contribution is -0.253. The summed E-state index contributed by atoms with van der Waals surface area (Å²) < 4.78 is 25.1. The fraction of sp³-hybridized carbons (Fsp3) is 0.444. The molecule has 2 aliphatic carbocycles. The second-order valence-corrected chi connectivity index (χ2v) is 14.8. The van der Waals surface area contributed by atoms with Crippen LogP contribution in [0.25, 0.3) is 0 Å². The summed E-state index contributed by atoms with van der Waals surface area (Å²) in [5.74, 6) is -1.25. The summed E-state index contributed by atoms with van der Waals surface area (Å²) in [6, 6.07) is 24.1. The number of nitrogens with zero attached hydrogens (tertiary/aromatic N) is 2. The van der Waals surface area contributed by atoms with Crippen molar-refractivity contribution in [3.05, 3.63) is 120 Å². The van der Waals surface area contributed by atoms with Crippen LogP contribution in [0.15, 0.2) is 108 Å². The number of unbranched alkanes of at least 4 members (excludes halogenated alkanes) is 2. The first-order chi connectivity index (χ1) is 27.8. The predicted octanol–water partition coefficient (Wildman–Crippen LogP) is 7.51. The summed E-state index contributed by atoms with van der Waals surface area (Å²) in [4.78, 5) is 34.1. The van der Waals surface area contributed by atoms with Gasteiger partial charge < -0.3 is 44.2 Å². The molecule has 1 aliphatic heterocycles. The molecule has 12 nitrogen and oxygen atoms in total. The van der Waals surface area contributed by atoms with Crippen LogP contribution in [0.3, 0.4) is 0 Å². The van der Waals surface area contributed by atoms with Gasteiger partial charge in [-0.3, -0.25) is 0 Å². The number of rotatable bonds is 18. The Morgan fingerprint density at radius 3 is 2.37 bits per heavy atom. The minimum Gasteiger partial charge on any atom is -0.459 e. The second kappa shape index (κ2) is 19.8. The van der Waals surface area contributed by atoms with E-state index in [1.807, 2.05) is 66.7 Å².